The number of aromatic hydroxyl groups is 1. The molecule has 2 rings (SSSR count). The van der Waals surface area contributed by atoms with Crippen LogP contribution in [-0.2, 0) is 65.5 Å². The van der Waals surface area contributed by atoms with Gasteiger partial charge in [0.2, 0.25) is 41.4 Å². The Balaban J connectivity index is 2.30. The summed E-state index contributed by atoms with van der Waals surface area (Å²) >= 11 is 0. The Morgan fingerprint density at radius 3 is 1.37 bits per heavy atom. The lowest BCUT2D eigenvalue weighted by atomic mass is 9.95. The number of carboxylic acid groups (broad SMARTS) is 2. The van der Waals surface area contributed by atoms with E-state index in [2.05, 4.69) is 61.8 Å². The largest absolute Gasteiger partial charge is 0.508 e. The highest BCUT2D eigenvalue weighted by molar-refractivity contribution is 5.84. The lowest BCUT2D eigenvalue weighted by molar-refractivity contribution is -0.429. The molecule has 0 radical (unpaired) electrons. The molecule has 0 saturated heterocycles. The molecule has 0 aliphatic rings. The summed E-state index contributed by atoms with van der Waals surface area (Å²) < 4.78 is 11.3. The zero-order valence-corrected chi connectivity index (χ0v) is 49.1. The number of carbonyl (C=O) groups excluding carboxylic acids is 7. The van der Waals surface area contributed by atoms with Crippen LogP contribution >= 0.6 is 0 Å². The molecule has 0 bridgehead atoms. The van der Waals surface area contributed by atoms with Crippen molar-refractivity contribution in [2.45, 2.75) is 179 Å². The normalized spacial score (nSPS) is 14.4. The first kappa shape index (κ1) is 71.9. The number of amides is 7. The number of phenolic OH excluding ortho intramolecular Hbond substituents is 1. The Morgan fingerprint density at radius 2 is 0.940 bits per heavy atom. The number of carboxylic acids is 2. The summed E-state index contributed by atoms with van der Waals surface area (Å²) in [5.41, 5.74) is 9.43. The molecule has 0 aliphatic heterocycles. The third kappa shape index (κ3) is 33.5. The van der Waals surface area contributed by atoms with E-state index >= 15 is 0 Å². The quantitative estimate of drug-likeness (QED) is 0.0332. The van der Waals surface area contributed by atoms with E-state index in [4.69, 9.17) is 9.47 Å². The Bertz CT molecular complexity index is 2340. The maximum absolute atomic E-state index is 14.0. The van der Waals surface area contributed by atoms with E-state index in [1.807, 2.05) is 45.9 Å². The Hall–Kier alpha value is -7.21. The van der Waals surface area contributed by atoms with E-state index in [0.29, 0.717) is 24.9 Å². The molecule has 462 valence electrons. The van der Waals surface area contributed by atoms with Gasteiger partial charge in [-0.05, 0) is 67.7 Å². The van der Waals surface area contributed by atoms with Gasteiger partial charge in [-0.1, -0.05) is 88.7 Å². The summed E-state index contributed by atoms with van der Waals surface area (Å²) in [5.74, 6) is -5.67. The van der Waals surface area contributed by atoms with E-state index in [-0.39, 0.29) is 120 Å². The molecule has 0 saturated carbocycles. The lowest BCUT2D eigenvalue weighted by Gasteiger charge is -2.26. The number of hydrogen-bond donors (Lipinski definition) is 12. The van der Waals surface area contributed by atoms with Gasteiger partial charge in [0.15, 0.2) is 0 Å². The topological polar surface area (TPSA) is 372 Å². The monoisotopic (exact) mass is 1170 g/mol. The fourth-order valence-corrected chi connectivity index (χ4v) is 9.04. The second-order valence-electron chi connectivity index (χ2n) is 21.7. The minimum absolute atomic E-state index is 0.0129. The summed E-state index contributed by atoms with van der Waals surface area (Å²) in [6, 6.07) is 9.60. The van der Waals surface area contributed by atoms with Gasteiger partial charge in [-0.2, -0.15) is 0 Å². The molecule has 1 unspecified atom stereocenters. The summed E-state index contributed by atoms with van der Waals surface area (Å²) in [6.07, 6.45) is 3.82. The number of nitrogens with one attached hydrogen (secondary N) is 7. The minimum atomic E-state index is -1.18. The molecule has 9 atom stereocenters. The average Bonchev–Trinajstić information content (AvgIpc) is 3.42. The molecule has 16 N–H and O–H groups in total. The van der Waals surface area contributed by atoms with Crippen LogP contribution in [0.2, 0.25) is 0 Å². The molecule has 0 fully saturated rings. The third-order valence-corrected chi connectivity index (χ3v) is 13.9. The zero-order valence-electron chi connectivity index (χ0n) is 49.1. The van der Waals surface area contributed by atoms with Crippen molar-refractivity contribution < 1.29 is 79.4 Å². The van der Waals surface area contributed by atoms with Crippen LogP contribution < -0.4 is 48.7 Å². The van der Waals surface area contributed by atoms with Crippen LogP contribution in [0.5, 0.6) is 5.75 Å². The number of benzene rings is 2. The number of unbranched alkanes of at least 4 members (excludes halogenated alkanes) is 1. The Morgan fingerprint density at radius 1 is 0.530 bits per heavy atom. The van der Waals surface area contributed by atoms with Gasteiger partial charge in [-0.15, -0.1) is 13.2 Å². The van der Waals surface area contributed by atoms with Crippen LogP contribution in [-0.4, -0.2) is 150 Å². The summed E-state index contributed by atoms with van der Waals surface area (Å²) in [7, 11) is 0. The van der Waals surface area contributed by atoms with Gasteiger partial charge in [0.05, 0.1) is 63.9 Å². The molecule has 83 heavy (non-hydrogen) atoms. The number of carbonyl (C=O) groups is 9. The third-order valence-electron chi connectivity index (χ3n) is 13.9. The predicted octanol–water partition coefficient (Wildman–Crippen LogP) is 1.77. The van der Waals surface area contributed by atoms with Crippen LogP contribution in [0, 0.1) is 11.8 Å². The molecular weight excluding hydrogens is 1070 g/mol. The molecule has 0 spiro atoms. The molecular formula is C60H95N9O14+2. The van der Waals surface area contributed by atoms with Crippen molar-refractivity contribution in [1.29, 1.82) is 0 Å². The first-order valence-corrected chi connectivity index (χ1v) is 28.8. The lowest BCUT2D eigenvalue weighted by Crippen LogP contribution is -2.64. The smallest absolute Gasteiger partial charge is 0.305 e. The standard InChI is InChI=1S/C60H93N9O14/c1-7-25-82-37-47(67-52(71)29-43(17-13-14-24-61)63-58(77)35-50(62)39(4)5)33-55(74)65-45(27-41-15-11-10-12-16-41)31-54(73)64-44(20-23-59(78)79)30-53(72)68-48(38-83-26-8-2)34-56(75)66-46(28-42-18-21-49(70)22-19-42)32-57(76)69-51(36-60(80)81)40(6)9-3/h7-8,10-12,15-16,18-19,21-22,39-40,43-48,50-51,70H,1-2,9,13-14,17,20,23-38,61-62H2,3-6H3,(H,63,77)(H,64,73)(H,65,74)(H,66,75)(H,67,71)(H,68,72)(H,69,76)(H,78,79)(H,80,81)/p+2/t40?,43-,44-,45-,46-,47+,48+,50+,51+/m0/s1. The second-order valence-corrected chi connectivity index (χ2v) is 21.7. The second kappa shape index (κ2) is 40.9. The molecule has 23 nitrogen and oxygen atoms in total. The summed E-state index contributed by atoms with van der Waals surface area (Å²) in [4.78, 5) is 119. The van der Waals surface area contributed by atoms with Gasteiger partial charge in [0, 0.05) is 81.1 Å². The highest BCUT2D eigenvalue weighted by Gasteiger charge is 2.29. The maximum atomic E-state index is 14.0. The Labute approximate surface area is 488 Å². The highest BCUT2D eigenvalue weighted by Crippen LogP contribution is 2.17. The van der Waals surface area contributed by atoms with Gasteiger partial charge in [-0.3, -0.25) is 43.2 Å². The summed E-state index contributed by atoms with van der Waals surface area (Å²) in [5, 5.41) is 49.1. The SMILES string of the molecule is C=CCOC[C@@H](CC(=O)N[C@H](CC(=O)N[C@@H](CCC(=O)O)CC(=O)N[C@@H](COCC=C)CC(=O)N[C@H](CC(=O)N[C@H](CC(=O)O)C(C)CC)Cc1ccc(O)cc1)Cc1ccccc1)NC(=O)C[C@H](CCCC[NH3+])NC(=O)C[C@@H]([NH3+])C(C)C. The van der Waals surface area contributed by atoms with E-state index in [9.17, 15) is 58.5 Å². The minimum Gasteiger partial charge on any atom is -0.508 e. The first-order chi connectivity index (χ1) is 39.5. The van der Waals surface area contributed by atoms with Gasteiger partial charge in [-0.25, -0.2) is 0 Å². The van der Waals surface area contributed by atoms with E-state index in [1.54, 1.807) is 24.3 Å². The fourth-order valence-electron chi connectivity index (χ4n) is 9.04. The molecule has 0 aromatic heterocycles. The van der Waals surface area contributed by atoms with Gasteiger partial charge in [0.25, 0.3) is 0 Å². The predicted molar refractivity (Wildman–Crippen MR) is 312 cm³/mol. The van der Waals surface area contributed by atoms with Crippen molar-refractivity contribution in [1.82, 2.24) is 37.2 Å². The van der Waals surface area contributed by atoms with Crippen molar-refractivity contribution in [3.8, 4) is 5.75 Å². The van der Waals surface area contributed by atoms with Crippen molar-refractivity contribution in [3.63, 3.8) is 0 Å². The maximum Gasteiger partial charge on any atom is 0.305 e. The van der Waals surface area contributed by atoms with Gasteiger partial charge < -0.3 is 73.5 Å². The van der Waals surface area contributed by atoms with Gasteiger partial charge >= 0.3 is 11.9 Å². The first-order valence-electron chi connectivity index (χ1n) is 28.8. The highest BCUT2D eigenvalue weighted by atomic mass is 16.5. The number of rotatable bonds is 45. The number of hydrogen-bond acceptors (Lipinski definition) is 12. The fraction of sp³-hybridized carbons (Fsp3) is 0.583. The van der Waals surface area contributed by atoms with Crippen molar-refractivity contribution in [2.24, 2.45) is 11.8 Å². The van der Waals surface area contributed by atoms with Crippen molar-refractivity contribution in [2.75, 3.05) is 33.0 Å². The van der Waals surface area contributed by atoms with Crippen LogP contribution in [0.15, 0.2) is 79.9 Å². The van der Waals surface area contributed by atoms with Crippen molar-refractivity contribution >= 4 is 53.3 Å². The van der Waals surface area contributed by atoms with E-state index < -0.39 is 103 Å². The summed E-state index contributed by atoms with van der Waals surface area (Å²) in [6.45, 7) is 15.7. The molecule has 0 heterocycles. The molecule has 23 heteroatoms. The van der Waals surface area contributed by atoms with Crippen molar-refractivity contribution in [3.05, 3.63) is 91.0 Å². The number of phenols is 1. The zero-order chi connectivity index (χ0) is 61.7. The Kier molecular flexibility index (Phi) is 35.4. The van der Waals surface area contributed by atoms with Crippen LogP contribution in [0.25, 0.3) is 0 Å². The average molecular weight is 1170 g/mol. The number of quaternary nitrogens is 2. The van der Waals surface area contributed by atoms with E-state index in [1.165, 1.54) is 24.3 Å². The molecule has 7 amide bonds. The van der Waals surface area contributed by atoms with Crippen LogP contribution in [0.4, 0.5) is 0 Å². The molecule has 2 aromatic rings. The molecule has 0 aliphatic carbocycles. The number of ether oxygens (including phenoxy) is 2. The molecule has 2 aromatic carbocycles. The van der Waals surface area contributed by atoms with Gasteiger partial charge in [0.1, 0.15) is 5.75 Å². The number of aliphatic carboxylic acids is 2. The van der Waals surface area contributed by atoms with Crippen LogP contribution in [0.3, 0.4) is 0 Å². The van der Waals surface area contributed by atoms with E-state index in [0.717, 1.165) is 18.4 Å². The van der Waals surface area contributed by atoms with Crippen LogP contribution in [0.1, 0.15) is 129 Å².